The zero-order chi connectivity index (χ0) is 14.5. The zero-order valence-electron chi connectivity index (χ0n) is 12.4. The summed E-state index contributed by atoms with van der Waals surface area (Å²) in [5.74, 6) is 0.336. The van der Waals surface area contributed by atoms with Crippen molar-refractivity contribution in [1.29, 1.82) is 0 Å². The van der Waals surface area contributed by atoms with Crippen LogP contribution in [0.2, 0.25) is 0 Å². The molecule has 1 heterocycles. The summed E-state index contributed by atoms with van der Waals surface area (Å²) in [7, 11) is 0. The van der Waals surface area contributed by atoms with Gasteiger partial charge in [0.2, 0.25) is 5.91 Å². The lowest BCUT2D eigenvalue weighted by Gasteiger charge is -2.65. The van der Waals surface area contributed by atoms with E-state index in [9.17, 15) is 9.90 Å². The molecule has 20 heavy (non-hydrogen) atoms. The number of fused-ring (bicyclic) bond motifs is 1. The van der Waals surface area contributed by atoms with Crippen LogP contribution >= 0.6 is 0 Å². The van der Waals surface area contributed by atoms with Crippen LogP contribution in [0.4, 0.5) is 0 Å². The lowest BCUT2D eigenvalue weighted by atomic mass is 9.46. The monoisotopic (exact) mass is 282 g/mol. The number of carbonyl (C=O) groups is 1. The summed E-state index contributed by atoms with van der Waals surface area (Å²) >= 11 is 0. The maximum atomic E-state index is 12.6. The number of carbonyl (C=O) groups excluding carboxylic acids is 1. The van der Waals surface area contributed by atoms with Gasteiger partial charge >= 0.3 is 0 Å². The SMILES string of the molecule is CC1(C)C2OCCCC2C1(N)C(=O)NCC(O)C1CC1. The molecule has 2 aliphatic carbocycles. The van der Waals surface area contributed by atoms with Gasteiger partial charge in [-0.3, -0.25) is 4.79 Å². The van der Waals surface area contributed by atoms with Gasteiger partial charge in [-0.25, -0.2) is 0 Å². The Hall–Kier alpha value is -0.650. The normalized spacial score (nSPS) is 40.4. The third-order valence-corrected chi connectivity index (χ3v) is 5.70. The molecule has 0 aromatic carbocycles. The van der Waals surface area contributed by atoms with E-state index in [1.165, 1.54) is 0 Å². The van der Waals surface area contributed by atoms with Gasteiger partial charge in [0.15, 0.2) is 0 Å². The Morgan fingerprint density at radius 2 is 2.15 bits per heavy atom. The first-order valence-corrected chi connectivity index (χ1v) is 7.76. The Kier molecular flexibility index (Phi) is 3.35. The second kappa shape index (κ2) is 4.68. The number of rotatable bonds is 4. The van der Waals surface area contributed by atoms with Gasteiger partial charge in [-0.1, -0.05) is 13.8 Å². The van der Waals surface area contributed by atoms with Crippen molar-refractivity contribution in [3.05, 3.63) is 0 Å². The maximum Gasteiger partial charge on any atom is 0.241 e. The molecule has 4 N–H and O–H groups in total. The van der Waals surface area contributed by atoms with Gasteiger partial charge in [-0.05, 0) is 31.6 Å². The lowest BCUT2D eigenvalue weighted by Crippen LogP contribution is -2.82. The van der Waals surface area contributed by atoms with Crippen LogP contribution in [0.5, 0.6) is 0 Å². The van der Waals surface area contributed by atoms with Crippen LogP contribution in [-0.2, 0) is 9.53 Å². The van der Waals surface area contributed by atoms with Gasteiger partial charge in [0.25, 0.3) is 0 Å². The van der Waals surface area contributed by atoms with Gasteiger partial charge in [0.05, 0.1) is 12.2 Å². The van der Waals surface area contributed by atoms with Gasteiger partial charge in [0.1, 0.15) is 5.54 Å². The molecule has 1 aliphatic heterocycles. The fourth-order valence-electron chi connectivity index (χ4n) is 4.03. The fourth-order valence-corrected chi connectivity index (χ4v) is 4.03. The number of aliphatic hydroxyl groups is 1. The second-order valence-electron chi connectivity index (χ2n) is 7.25. The Bertz CT molecular complexity index is 408. The van der Waals surface area contributed by atoms with E-state index in [0.717, 1.165) is 32.3 Å². The fraction of sp³-hybridized carbons (Fsp3) is 0.933. The molecule has 4 atom stereocenters. The van der Waals surface area contributed by atoms with Crippen LogP contribution in [0.25, 0.3) is 0 Å². The van der Waals surface area contributed by atoms with E-state index in [-0.39, 0.29) is 23.3 Å². The maximum absolute atomic E-state index is 12.6. The van der Waals surface area contributed by atoms with Crippen LogP contribution < -0.4 is 11.1 Å². The summed E-state index contributed by atoms with van der Waals surface area (Å²) in [6.07, 6.45) is 3.70. The van der Waals surface area contributed by atoms with Crippen LogP contribution in [0.1, 0.15) is 39.5 Å². The Labute approximate surface area is 120 Å². The van der Waals surface area contributed by atoms with Gasteiger partial charge in [-0.15, -0.1) is 0 Å². The summed E-state index contributed by atoms with van der Waals surface area (Å²) in [6, 6.07) is 0. The molecule has 5 nitrogen and oxygen atoms in total. The standard InChI is InChI=1S/C15H26N2O3/c1-14(2)12-10(4-3-7-20-12)15(14,16)13(19)17-8-11(18)9-5-6-9/h9-12,18H,3-8,16H2,1-2H3,(H,17,19). The van der Waals surface area contributed by atoms with E-state index < -0.39 is 11.6 Å². The van der Waals surface area contributed by atoms with Crippen molar-refractivity contribution in [3.63, 3.8) is 0 Å². The van der Waals surface area contributed by atoms with E-state index in [4.69, 9.17) is 10.5 Å². The molecule has 1 amide bonds. The summed E-state index contributed by atoms with van der Waals surface area (Å²) in [6.45, 7) is 5.10. The van der Waals surface area contributed by atoms with Crippen molar-refractivity contribution in [2.24, 2.45) is 23.0 Å². The van der Waals surface area contributed by atoms with Crippen molar-refractivity contribution < 1.29 is 14.6 Å². The number of ether oxygens (including phenoxy) is 1. The third kappa shape index (κ3) is 1.90. The molecule has 3 aliphatic rings. The molecule has 114 valence electrons. The third-order valence-electron chi connectivity index (χ3n) is 5.70. The minimum atomic E-state index is -0.874. The molecule has 0 aromatic rings. The summed E-state index contributed by atoms with van der Waals surface area (Å²) in [4.78, 5) is 12.6. The van der Waals surface area contributed by atoms with E-state index in [1.807, 2.05) is 13.8 Å². The van der Waals surface area contributed by atoms with Crippen LogP contribution in [0.3, 0.4) is 0 Å². The van der Waals surface area contributed by atoms with Gasteiger partial charge in [0, 0.05) is 24.5 Å². The van der Waals surface area contributed by atoms with Crippen molar-refractivity contribution in [3.8, 4) is 0 Å². The predicted octanol–water partition coefficient (Wildman–Crippen LogP) is 0.406. The average Bonchev–Trinajstić information content (AvgIpc) is 3.28. The molecule has 2 saturated carbocycles. The first kappa shape index (κ1) is 14.3. The van der Waals surface area contributed by atoms with Crippen LogP contribution in [0, 0.1) is 17.3 Å². The number of aliphatic hydroxyl groups excluding tert-OH is 1. The van der Waals surface area contributed by atoms with Gasteiger partial charge < -0.3 is 20.9 Å². The quantitative estimate of drug-likeness (QED) is 0.697. The molecular weight excluding hydrogens is 256 g/mol. The average molecular weight is 282 g/mol. The first-order valence-electron chi connectivity index (χ1n) is 7.76. The minimum absolute atomic E-state index is 0.0837. The van der Waals surface area contributed by atoms with Crippen molar-refractivity contribution in [2.75, 3.05) is 13.2 Å². The van der Waals surface area contributed by atoms with Crippen LogP contribution in [-0.4, -0.2) is 41.9 Å². The van der Waals surface area contributed by atoms with E-state index in [1.54, 1.807) is 0 Å². The molecular formula is C15H26N2O3. The minimum Gasteiger partial charge on any atom is -0.391 e. The predicted molar refractivity (Wildman–Crippen MR) is 74.9 cm³/mol. The Balaban J connectivity index is 1.65. The highest BCUT2D eigenvalue weighted by Crippen LogP contribution is 2.57. The van der Waals surface area contributed by atoms with Crippen molar-refractivity contribution >= 4 is 5.91 Å². The molecule has 0 aromatic heterocycles. The van der Waals surface area contributed by atoms with Crippen LogP contribution in [0.15, 0.2) is 0 Å². The highest BCUT2D eigenvalue weighted by Gasteiger charge is 2.70. The lowest BCUT2D eigenvalue weighted by molar-refractivity contribution is -0.225. The van der Waals surface area contributed by atoms with E-state index in [2.05, 4.69) is 5.32 Å². The topological polar surface area (TPSA) is 84.6 Å². The summed E-state index contributed by atoms with van der Waals surface area (Å²) in [5.41, 5.74) is 5.25. The zero-order valence-corrected chi connectivity index (χ0v) is 12.4. The molecule has 0 spiro atoms. The molecule has 0 bridgehead atoms. The van der Waals surface area contributed by atoms with E-state index >= 15 is 0 Å². The Morgan fingerprint density at radius 3 is 2.80 bits per heavy atom. The molecule has 4 unspecified atom stereocenters. The highest BCUT2D eigenvalue weighted by atomic mass is 16.5. The number of hydrogen-bond acceptors (Lipinski definition) is 4. The number of amides is 1. The number of hydrogen-bond donors (Lipinski definition) is 3. The largest absolute Gasteiger partial charge is 0.391 e. The Morgan fingerprint density at radius 1 is 1.45 bits per heavy atom. The first-order chi connectivity index (χ1) is 9.39. The second-order valence-corrected chi connectivity index (χ2v) is 7.25. The molecule has 3 fully saturated rings. The smallest absolute Gasteiger partial charge is 0.241 e. The molecule has 3 rings (SSSR count). The van der Waals surface area contributed by atoms with Gasteiger partial charge in [-0.2, -0.15) is 0 Å². The molecule has 0 radical (unpaired) electrons. The summed E-state index contributed by atoms with van der Waals surface area (Å²) in [5, 5.41) is 12.7. The number of nitrogens with one attached hydrogen (secondary N) is 1. The summed E-state index contributed by atoms with van der Waals surface area (Å²) < 4.78 is 5.80. The van der Waals surface area contributed by atoms with Crippen molar-refractivity contribution in [1.82, 2.24) is 5.32 Å². The number of nitrogens with two attached hydrogens (primary N) is 1. The van der Waals surface area contributed by atoms with E-state index in [0.29, 0.717) is 12.5 Å². The van der Waals surface area contributed by atoms with Crippen molar-refractivity contribution in [2.45, 2.75) is 57.3 Å². The highest BCUT2D eigenvalue weighted by molar-refractivity contribution is 5.89. The molecule has 1 saturated heterocycles. The molecule has 5 heteroatoms.